The molecule has 156 valence electrons. The van der Waals surface area contributed by atoms with Gasteiger partial charge in [0.05, 0.1) is 31.8 Å². The molecule has 7 nitrogen and oxygen atoms in total. The molecular weight excluding hydrogens is 350 g/mol. The van der Waals surface area contributed by atoms with Crippen molar-refractivity contribution in [1.82, 2.24) is 4.90 Å². The van der Waals surface area contributed by atoms with Crippen molar-refractivity contribution in [1.29, 1.82) is 0 Å². The number of amides is 1. The van der Waals surface area contributed by atoms with Gasteiger partial charge in [-0.15, -0.1) is 0 Å². The van der Waals surface area contributed by atoms with Gasteiger partial charge >= 0.3 is 12.1 Å². The molecule has 2 atom stereocenters. The van der Waals surface area contributed by atoms with Crippen molar-refractivity contribution in [3.8, 4) is 0 Å². The third kappa shape index (κ3) is 6.35. The quantitative estimate of drug-likeness (QED) is 0.654. The van der Waals surface area contributed by atoms with Gasteiger partial charge in [0.15, 0.2) is 0 Å². The Morgan fingerprint density at radius 3 is 2.30 bits per heavy atom. The van der Waals surface area contributed by atoms with Crippen molar-refractivity contribution in [2.24, 2.45) is 5.92 Å². The third-order valence-corrected chi connectivity index (χ3v) is 5.26. The Morgan fingerprint density at radius 2 is 1.74 bits per heavy atom. The second kappa shape index (κ2) is 9.73. The molecule has 1 aliphatic heterocycles. The van der Waals surface area contributed by atoms with Crippen LogP contribution in [0.3, 0.4) is 0 Å². The largest absolute Gasteiger partial charge is 0.469 e. The van der Waals surface area contributed by atoms with Crippen LogP contribution in [0.4, 0.5) is 4.79 Å². The second-order valence-electron chi connectivity index (χ2n) is 8.51. The summed E-state index contributed by atoms with van der Waals surface area (Å²) in [4.78, 5) is 26.1. The molecule has 1 saturated heterocycles. The first-order valence-corrected chi connectivity index (χ1v) is 9.97. The number of hydrogen-bond acceptors (Lipinski definition) is 6. The summed E-state index contributed by atoms with van der Waals surface area (Å²) in [7, 11) is 3.09. The van der Waals surface area contributed by atoms with E-state index in [1.54, 1.807) is 12.0 Å². The number of methoxy groups -OCH3 is 2. The number of likely N-dealkylation sites (tertiary alicyclic amines) is 1. The predicted octanol–water partition coefficient (Wildman–Crippen LogP) is 3.15. The van der Waals surface area contributed by atoms with Gasteiger partial charge in [-0.2, -0.15) is 0 Å². The van der Waals surface area contributed by atoms with E-state index in [0.29, 0.717) is 13.2 Å². The lowest BCUT2D eigenvalue weighted by Crippen LogP contribution is -2.48. The highest BCUT2D eigenvalue weighted by molar-refractivity contribution is 5.72. The second-order valence-corrected chi connectivity index (χ2v) is 8.51. The predicted molar refractivity (Wildman–Crippen MR) is 100 cm³/mol. The van der Waals surface area contributed by atoms with Crippen LogP contribution in [-0.4, -0.2) is 68.2 Å². The molecule has 0 aromatic rings. The number of nitrogens with zero attached hydrogens (tertiary/aromatic N) is 1. The topological polar surface area (TPSA) is 74.3 Å². The molecular formula is C20H35NO6. The Morgan fingerprint density at radius 1 is 1.07 bits per heavy atom. The van der Waals surface area contributed by atoms with Crippen LogP contribution >= 0.6 is 0 Å². The van der Waals surface area contributed by atoms with Gasteiger partial charge in [0.2, 0.25) is 0 Å². The van der Waals surface area contributed by atoms with Crippen LogP contribution in [0.5, 0.6) is 0 Å². The third-order valence-electron chi connectivity index (χ3n) is 5.26. The molecule has 1 amide bonds. The van der Waals surface area contributed by atoms with Crippen molar-refractivity contribution < 1.29 is 28.5 Å². The Labute approximate surface area is 162 Å². The Balaban J connectivity index is 1.95. The lowest BCUT2D eigenvalue weighted by atomic mass is 9.87. The van der Waals surface area contributed by atoms with Crippen LogP contribution in [0.25, 0.3) is 0 Å². The summed E-state index contributed by atoms with van der Waals surface area (Å²) in [6, 6.07) is -0.0434. The van der Waals surface area contributed by atoms with Crippen LogP contribution in [0, 0.1) is 5.92 Å². The summed E-state index contributed by atoms with van der Waals surface area (Å²) in [6.07, 6.45) is 4.60. The average Bonchev–Trinajstić information content (AvgIpc) is 3.09. The van der Waals surface area contributed by atoms with Crippen molar-refractivity contribution in [3.63, 3.8) is 0 Å². The molecule has 0 spiro atoms. The molecule has 27 heavy (non-hydrogen) atoms. The first-order valence-electron chi connectivity index (χ1n) is 9.97. The Bertz CT molecular complexity index is 495. The number of esters is 1. The number of carbonyl (C=O) groups excluding carboxylic acids is 2. The van der Waals surface area contributed by atoms with Crippen LogP contribution in [-0.2, 0) is 23.7 Å². The molecule has 2 aliphatic rings. The van der Waals surface area contributed by atoms with Gasteiger partial charge in [-0.05, 0) is 59.3 Å². The van der Waals surface area contributed by atoms with E-state index >= 15 is 0 Å². The number of hydrogen-bond donors (Lipinski definition) is 0. The molecule has 1 unspecified atom stereocenters. The van der Waals surface area contributed by atoms with Gasteiger partial charge in [0, 0.05) is 13.7 Å². The molecule has 2 rings (SSSR count). The lowest BCUT2D eigenvalue weighted by molar-refractivity contribution is -0.149. The zero-order valence-corrected chi connectivity index (χ0v) is 17.4. The van der Waals surface area contributed by atoms with E-state index in [-0.39, 0.29) is 36.2 Å². The van der Waals surface area contributed by atoms with Crippen LogP contribution in [0.1, 0.15) is 59.3 Å². The maximum atomic E-state index is 12.6. The minimum Gasteiger partial charge on any atom is -0.469 e. The Kier molecular flexibility index (Phi) is 7.91. The minimum atomic E-state index is -0.520. The molecule has 2 fully saturated rings. The summed E-state index contributed by atoms with van der Waals surface area (Å²) < 4.78 is 22.2. The van der Waals surface area contributed by atoms with Gasteiger partial charge in [-0.1, -0.05) is 0 Å². The molecule has 0 bridgehead atoms. The first kappa shape index (κ1) is 22.0. The zero-order chi connectivity index (χ0) is 20.0. The molecule has 1 saturated carbocycles. The normalized spacial score (nSPS) is 27.3. The van der Waals surface area contributed by atoms with E-state index in [4.69, 9.17) is 18.9 Å². The fourth-order valence-corrected chi connectivity index (χ4v) is 3.98. The maximum Gasteiger partial charge on any atom is 0.410 e. The van der Waals surface area contributed by atoms with Gasteiger partial charge in [-0.3, -0.25) is 4.79 Å². The van der Waals surface area contributed by atoms with Gasteiger partial charge < -0.3 is 23.8 Å². The highest BCUT2D eigenvalue weighted by Gasteiger charge is 2.39. The standard InChI is InChI=1S/C20H35NO6/c1-20(2,3)27-19(23)21-12-6-7-16(21)17(13-24-4)26-15-10-8-14(9-11-15)18(22)25-5/h14-17H,6-13H2,1-5H3/t14?,15?,16-,17?/m0/s1. The molecule has 0 radical (unpaired) electrons. The molecule has 0 aromatic heterocycles. The lowest BCUT2D eigenvalue weighted by Gasteiger charge is -2.36. The smallest absolute Gasteiger partial charge is 0.410 e. The first-order chi connectivity index (χ1) is 12.7. The summed E-state index contributed by atoms with van der Waals surface area (Å²) in [5.74, 6) is -0.158. The summed E-state index contributed by atoms with van der Waals surface area (Å²) >= 11 is 0. The van der Waals surface area contributed by atoms with Gasteiger partial charge in [0.25, 0.3) is 0 Å². The fourth-order valence-electron chi connectivity index (χ4n) is 3.98. The highest BCUT2D eigenvalue weighted by Crippen LogP contribution is 2.31. The summed E-state index contributed by atoms with van der Waals surface area (Å²) in [5, 5.41) is 0. The average molecular weight is 386 g/mol. The van der Waals surface area contributed by atoms with Crippen molar-refractivity contribution >= 4 is 12.1 Å². The van der Waals surface area contributed by atoms with E-state index in [0.717, 1.165) is 38.5 Å². The van der Waals surface area contributed by atoms with E-state index in [1.807, 2.05) is 20.8 Å². The maximum absolute atomic E-state index is 12.6. The summed E-state index contributed by atoms with van der Waals surface area (Å²) in [5.41, 5.74) is -0.520. The van der Waals surface area contributed by atoms with E-state index < -0.39 is 5.60 Å². The number of rotatable bonds is 6. The highest BCUT2D eigenvalue weighted by atomic mass is 16.6. The molecule has 1 heterocycles. The Hall–Kier alpha value is -1.34. The zero-order valence-electron chi connectivity index (χ0n) is 17.4. The van der Waals surface area contributed by atoms with E-state index in [9.17, 15) is 9.59 Å². The fraction of sp³-hybridized carbons (Fsp3) is 0.900. The van der Waals surface area contributed by atoms with Crippen LogP contribution in [0.2, 0.25) is 0 Å². The van der Waals surface area contributed by atoms with Crippen molar-refractivity contribution in [2.45, 2.75) is 83.1 Å². The monoisotopic (exact) mass is 385 g/mol. The molecule has 0 aromatic carbocycles. The number of ether oxygens (including phenoxy) is 4. The molecule has 0 N–H and O–H groups in total. The van der Waals surface area contributed by atoms with Crippen molar-refractivity contribution in [2.75, 3.05) is 27.4 Å². The summed E-state index contributed by atoms with van der Waals surface area (Å²) in [6.45, 7) is 6.73. The molecule has 7 heteroatoms. The minimum absolute atomic E-state index is 0.0273. The van der Waals surface area contributed by atoms with Crippen molar-refractivity contribution in [3.05, 3.63) is 0 Å². The van der Waals surface area contributed by atoms with Gasteiger partial charge in [-0.25, -0.2) is 4.79 Å². The number of carbonyl (C=O) groups is 2. The van der Waals surface area contributed by atoms with Crippen LogP contribution in [0.15, 0.2) is 0 Å². The van der Waals surface area contributed by atoms with E-state index in [1.165, 1.54) is 7.11 Å². The SMILES string of the molecule is COCC(OC1CCC(C(=O)OC)CC1)[C@@H]1CCCN1C(=O)OC(C)(C)C. The van der Waals surface area contributed by atoms with E-state index in [2.05, 4.69) is 0 Å². The molecule has 1 aliphatic carbocycles. The van der Waals surface area contributed by atoms with Crippen LogP contribution < -0.4 is 0 Å². The van der Waals surface area contributed by atoms with Gasteiger partial charge in [0.1, 0.15) is 11.7 Å².